The van der Waals surface area contributed by atoms with Gasteiger partial charge in [-0.05, 0) is 62.1 Å². The summed E-state index contributed by atoms with van der Waals surface area (Å²) in [7, 11) is 0. The van der Waals surface area contributed by atoms with Crippen LogP contribution in [0.4, 0.5) is 4.39 Å². The number of fused-ring (bicyclic) bond motifs is 2. The van der Waals surface area contributed by atoms with Crippen LogP contribution in [0, 0.1) is 12.7 Å². The van der Waals surface area contributed by atoms with Crippen LogP contribution in [0.15, 0.2) is 34.7 Å². The molecule has 4 nitrogen and oxygen atoms in total. The zero-order chi connectivity index (χ0) is 16.0. The number of carbonyl (C=O) groups is 1. The Morgan fingerprint density at radius 3 is 2.87 bits per heavy atom. The molecule has 2 saturated heterocycles. The number of hydrogen-bond donors (Lipinski definition) is 2. The molecule has 1 aromatic heterocycles. The van der Waals surface area contributed by atoms with E-state index in [2.05, 4.69) is 10.6 Å². The fraction of sp³-hybridized carbons (Fsp3) is 0.389. The number of rotatable bonds is 3. The Kier molecular flexibility index (Phi) is 3.45. The second-order valence-electron chi connectivity index (χ2n) is 6.49. The third-order valence-electron chi connectivity index (χ3n) is 4.89. The van der Waals surface area contributed by atoms with Crippen molar-refractivity contribution in [3.8, 4) is 11.3 Å². The van der Waals surface area contributed by atoms with E-state index in [0.29, 0.717) is 29.2 Å². The summed E-state index contributed by atoms with van der Waals surface area (Å²) >= 11 is 0. The van der Waals surface area contributed by atoms with E-state index in [4.69, 9.17) is 4.42 Å². The Hall–Kier alpha value is -2.14. The Labute approximate surface area is 134 Å². The number of nitrogens with one attached hydrogen (secondary N) is 2. The standard InChI is InChI=1S/C18H19FN2O2/c1-10-8-11(2-4-13(10)19)16-6-7-17(23-16)18(22)21-15-9-12-3-5-14(15)20-12/h2,4,6-8,12,14-15,20H,3,5,9H2,1H3,(H,21,22)/t12-,14+,15-/m1/s1. The normalized spacial score (nSPS) is 25.7. The highest BCUT2D eigenvalue weighted by Gasteiger charge is 2.39. The van der Waals surface area contributed by atoms with Gasteiger partial charge in [-0.2, -0.15) is 0 Å². The summed E-state index contributed by atoms with van der Waals surface area (Å²) in [5.41, 5.74) is 1.32. The van der Waals surface area contributed by atoms with Gasteiger partial charge < -0.3 is 15.1 Å². The first kappa shape index (κ1) is 14.5. The maximum Gasteiger partial charge on any atom is 0.287 e. The quantitative estimate of drug-likeness (QED) is 0.915. The minimum atomic E-state index is -0.248. The van der Waals surface area contributed by atoms with Crippen LogP contribution in [-0.4, -0.2) is 24.0 Å². The maximum absolute atomic E-state index is 13.3. The average Bonchev–Trinajstić information content (AvgIpc) is 3.25. The van der Waals surface area contributed by atoms with Crippen molar-refractivity contribution >= 4 is 5.91 Å². The lowest BCUT2D eigenvalue weighted by atomic mass is 9.95. The molecule has 2 N–H and O–H groups in total. The van der Waals surface area contributed by atoms with Crippen molar-refractivity contribution in [2.75, 3.05) is 0 Å². The molecule has 2 fully saturated rings. The number of aryl methyl sites for hydroxylation is 1. The van der Waals surface area contributed by atoms with E-state index in [9.17, 15) is 9.18 Å². The van der Waals surface area contributed by atoms with Crippen LogP contribution in [0.5, 0.6) is 0 Å². The van der Waals surface area contributed by atoms with Gasteiger partial charge in [0.2, 0.25) is 0 Å². The zero-order valence-corrected chi connectivity index (χ0v) is 12.9. The number of halogens is 1. The molecular formula is C18H19FN2O2. The van der Waals surface area contributed by atoms with Crippen molar-refractivity contribution in [3.63, 3.8) is 0 Å². The van der Waals surface area contributed by atoms with Crippen molar-refractivity contribution in [1.29, 1.82) is 0 Å². The number of furan rings is 1. The van der Waals surface area contributed by atoms with Crippen LogP contribution >= 0.6 is 0 Å². The molecule has 3 atom stereocenters. The fourth-order valence-electron chi connectivity index (χ4n) is 3.64. The lowest BCUT2D eigenvalue weighted by Gasteiger charge is -2.20. The second kappa shape index (κ2) is 5.49. The van der Waals surface area contributed by atoms with Crippen molar-refractivity contribution < 1.29 is 13.6 Å². The van der Waals surface area contributed by atoms with Gasteiger partial charge in [-0.1, -0.05) is 0 Å². The number of hydrogen-bond acceptors (Lipinski definition) is 3. The Bertz CT molecular complexity index is 755. The molecule has 4 rings (SSSR count). The van der Waals surface area contributed by atoms with Gasteiger partial charge in [0.15, 0.2) is 5.76 Å². The SMILES string of the molecule is Cc1cc(-c2ccc(C(=O)N[C@@H]3C[C@H]4CC[C@@H]3N4)o2)ccc1F. The third-order valence-corrected chi connectivity index (χ3v) is 4.89. The molecule has 2 aliphatic rings. The van der Waals surface area contributed by atoms with E-state index in [0.717, 1.165) is 18.4 Å². The molecule has 23 heavy (non-hydrogen) atoms. The van der Waals surface area contributed by atoms with E-state index in [1.54, 1.807) is 31.2 Å². The third kappa shape index (κ3) is 2.65. The lowest BCUT2D eigenvalue weighted by molar-refractivity contribution is 0.0903. The fourth-order valence-corrected chi connectivity index (χ4v) is 3.64. The highest BCUT2D eigenvalue weighted by atomic mass is 19.1. The predicted octanol–water partition coefficient (Wildman–Crippen LogP) is 3.02. The second-order valence-corrected chi connectivity index (χ2v) is 6.49. The van der Waals surface area contributed by atoms with E-state index in [1.807, 2.05) is 0 Å². The molecule has 0 unspecified atom stereocenters. The average molecular weight is 314 g/mol. The topological polar surface area (TPSA) is 54.3 Å². The summed E-state index contributed by atoms with van der Waals surface area (Å²) in [5, 5.41) is 6.55. The highest BCUT2D eigenvalue weighted by Crippen LogP contribution is 2.29. The molecule has 1 aromatic carbocycles. The van der Waals surface area contributed by atoms with Gasteiger partial charge in [0.25, 0.3) is 5.91 Å². The summed E-state index contributed by atoms with van der Waals surface area (Å²) in [6, 6.07) is 9.32. The molecule has 120 valence electrons. The minimum absolute atomic E-state index is 0.183. The molecule has 1 amide bonds. The predicted molar refractivity (Wildman–Crippen MR) is 84.7 cm³/mol. The van der Waals surface area contributed by atoms with Gasteiger partial charge in [0.05, 0.1) is 0 Å². The zero-order valence-electron chi connectivity index (χ0n) is 12.9. The van der Waals surface area contributed by atoms with Crippen LogP contribution in [0.3, 0.4) is 0 Å². The van der Waals surface area contributed by atoms with Gasteiger partial charge in [0, 0.05) is 23.7 Å². The largest absolute Gasteiger partial charge is 0.451 e. The summed E-state index contributed by atoms with van der Waals surface area (Å²) in [6.07, 6.45) is 3.31. The number of amides is 1. The smallest absolute Gasteiger partial charge is 0.287 e. The first-order chi connectivity index (χ1) is 11.1. The molecule has 2 aromatic rings. The number of carbonyl (C=O) groups excluding carboxylic acids is 1. The molecular weight excluding hydrogens is 295 g/mol. The Morgan fingerprint density at radius 2 is 2.17 bits per heavy atom. The van der Waals surface area contributed by atoms with Crippen LogP contribution in [-0.2, 0) is 0 Å². The van der Waals surface area contributed by atoms with Crippen LogP contribution in [0.2, 0.25) is 0 Å². The highest BCUT2D eigenvalue weighted by molar-refractivity contribution is 5.92. The van der Waals surface area contributed by atoms with Gasteiger partial charge in [-0.3, -0.25) is 4.79 Å². The summed E-state index contributed by atoms with van der Waals surface area (Å²) in [4.78, 5) is 12.4. The molecule has 0 saturated carbocycles. The van der Waals surface area contributed by atoms with Crippen LogP contribution in [0.25, 0.3) is 11.3 Å². The molecule has 0 aliphatic carbocycles. The van der Waals surface area contributed by atoms with E-state index in [-0.39, 0.29) is 17.8 Å². The van der Waals surface area contributed by atoms with E-state index >= 15 is 0 Å². The summed E-state index contributed by atoms with van der Waals surface area (Å²) in [6.45, 7) is 1.71. The van der Waals surface area contributed by atoms with Gasteiger partial charge in [0.1, 0.15) is 11.6 Å². The summed E-state index contributed by atoms with van der Waals surface area (Å²) < 4.78 is 19.0. The molecule has 0 radical (unpaired) electrons. The molecule has 3 heterocycles. The number of benzene rings is 1. The minimum Gasteiger partial charge on any atom is -0.451 e. The van der Waals surface area contributed by atoms with Crippen LogP contribution in [0.1, 0.15) is 35.4 Å². The first-order valence-electron chi connectivity index (χ1n) is 8.03. The van der Waals surface area contributed by atoms with Gasteiger partial charge in [-0.15, -0.1) is 0 Å². The molecule has 5 heteroatoms. The maximum atomic E-state index is 13.3. The van der Waals surface area contributed by atoms with Gasteiger partial charge in [-0.25, -0.2) is 4.39 Å². The van der Waals surface area contributed by atoms with Crippen molar-refractivity contribution in [1.82, 2.24) is 10.6 Å². The monoisotopic (exact) mass is 314 g/mol. The van der Waals surface area contributed by atoms with Crippen molar-refractivity contribution in [2.45, 2.75) is 44.3 Å². The molecule has 2 aliphatic heterocycles. The Morgan fingerprint density at radius 1 is 1.30 bits per heavy atom. The van der Waals surface area contributed by atoms with E-state index in [1.165, 1.54) is 12.5 Å². The van der Waals surface area contributed by atoms with Crippen molar-refractivity contribution in [2.24, 2.45) is 0 Å². The first-order valence-corrected chi connectivity index (χ1v) is 8.03. The van der Waals surface area contributed by atoms with Gasteiger partial charge >= 0.3 is 0 Å². The van der Waals surface area contributed by atoms with E-state index < -0.39 is 0 Å². The van der Waals surface area contributed by atoms with Crippen LogP contribution < -0.4 is 10.6 Å². The molecule has 2 bridgehead atoms. The lowest BCUT2D eigenvalue weighted by Crippen LogP contribution is -2.42. The summed E-state index contributed by atoms with van der Waals surface area (Å²) in [5.74, 6) is 0.436. The Balaban J connectivity index is 1.48. The molecule has 0 spiro atoms. The van der Waals surface area contributed by atoms with Crippen molar-refractivity contribution in [3.05, 3.63) is 47.5 Å².